The van der Waals surface area contributed by atoms with Crippen molar-refractivity contribution >= 4 is 17.9 Å². The molecule has 0 bridgehead atoms. The maximum Gasteiger partial charge on any atom is 0.306 e. The Kier molecular flexibility index (Phi) is 62.5. The van der Waals surface area contributed by atoms with Gasteiger partial charge in [-0.2, -0.15) is 0 Å². The molecule has 0 aliphatic carbocycles. The minimum atomic E-state index is -0.816. The molecular weight excluding hydrogens is 997 g/mol. The molecular formula is C75H116O6. The zero-order chi connectivity index (χ0) is 58.5. The smallest absolute Gasteiger partial charge is 0.306 e. The SMILES string of the molecule is CC/C=C\C/C=C\C/C=C\C/C=C\C/C=C\C/C=C\C/C=C\C/C=C\C/C=C\CCCCCC(=O)OCC(COC(=O)CCCCCCC/C=C\C/C=C\C/C=C\CC)OC(=O)CCCCCCCCC/C=C\C/C=C\C/C=C\CC. The summed E-state index contributed by atoms with van der Waals surface area (Å²) in [5.74, 6) is -0.977. The van der Waals surface area contributed by atoms with Crippen LogP contribution in [0.2, 0.25) is 0 Å². The van der Waals surface area contributed by atoms with E-state index in [-0.39, 0.29) is 31.1 Å². The Bertz CT molecular complexity index is 1900. The van der Waals surface area contributed by atoms with E-state index in [9.17, 15) is 14.4 Å². The topological polar surface area (TPSA) is 78.9 Å². The molecule has 1 atom stereocenters. The molecule has 452 valence electrons. The number of allylic oxidation sites excluding steroid dienone is 30. The number of rotatable bonds is 56. The van der Waals surface area contributed by atoms with Crippen molar-refractivity contribution in [1.82, 2.24) is 0 Å². The van der Waals surface area contributed by atoms with E-state index >= 15 is 0 Å². The average molecular weight is 1110 g/mol. The van der Waals surface area contributed by atoms with Crippen LogP contribution in [0.3, 0.4) is 0 Å². The first kappa shape index (κ1) is 75.5. The molecule has 0 aliphatic rings. The average Bonchev–Trinajstić information content (AvgIpc) is 3.47. The summed E-state index contributed by atoms with van der Waals surface area (Å²) < 4.78 is 16.9. The summed E-state index contributed by atoms with van der Waals surface area (Å²) in [5, 5.41) is 0. The summed E-state index contributed by atoms with van der Waals surface area (Å²) in [6.07, 6.45) is 100. The lowest BCUT2D eigenvalue weighted by Crippen LogP contribution is -2.30. The van der Waals surface area contributed by atoms with Gasteiger partial charge in [-0.3, -0.25) is 14.4 Å². The van der Waals surface area contributed by atoms with Crippen LogP contribution in [0, 0.1) is 0 Å². The Morgan fingerprint density at radius 1 is 0.247 bits per heavy atom. The molecule has 6 nitrogen and oxygen atoms in total. The highest BCUT2D eigenvalue weighted by Gasteiger charge is 2.19. The van der Waals surface area contributed by atoms with Crippen LogP contribution in [-0.2, 0) is 28.6 Å². The van der Waals surface area contributed by atoms with Gasteiger partial charge in [0.2, 0.25) is 0 Å². The lowest BCUT2D eigenvalue weighted by atomic mass is 10.1. The number of ether oxygens (including phenoxy) is 3. The molecule has 0 amide bonds. The maximum absolute atomic E-state index is 12.9. The Hall–Kier alpha value is -5.49. The standard InChI is InChI=1S/C75H116O6/c1-4-7-10-13-16-19-22-25-28-30-31-32-33-34-35-36-37-38-39-40-41-42-43-45-47-50-53-56-59-62-65-68-74(77)80-71-72(70-79-73(76)67-64-61-58-55-52-49-46-27-24-21-18-15-12-9-6-3)81-75(78)69-66-63-60-57-54-51-48-44-29-26-23-20-17-14-11-8-5-2/h7-12,16-21,25-29,31-32,34-35,37-38,40-41,43,45-46,50,53,72H,4-6,13-15,22-24,30,33,36,39,42,44,47-49,51-52,54-71H2,1-3H3/b10-7-,11-8-,12-9-,19-16-,20-17-,21-18-,28-25-,29-26-,32-31-,35-34-,38-37-,41-40-,45-43-,46-27-,53-50-. The summed E-state index contributed by atoms with van der Waals surface area (Å²) in [6, 6.07) is 0. The van der Waals surface area contributed by atoms with Gasteiger partial charge in [-0.25, -0.2) is 0 Å². The molecule has 0 spiro atoms. The molecule has 0 fully saturated rings. The van der Waals surface area contributed by atoms with E-state index in [1.807, 2.05) is 0 Å². The number of hydrogen-bond acceptors (Lipinski definition) is 6. The number of esters is 3. The molecule has 0 N–H and O–H groups in total. The normalized spacial score (nSPS) is 13.4. The van der Waals surface area contributed by atoms with Crippen molar-refractivity contribution in [3.63, 3.8) is 0 Å². The fraction of sp³-hybridized carbons (Fsp3) is 0.560. The zero-order valence-corrected chi connectivity index (χ0v) is 51.7. The van der Waals surface area contributed by atoms with Crippen LogP contribution < -0.4 is 0 Å². The highest BCUT2D eigenvalue weighted by atomic mass is 16.6. The number of hydrogen-bond donors (Lipinski definition) is 0. The molecule has 0 aromatic carbocycles. The molecule has 0 aliphatic heterocycles. The highest BCUT2D eigenvalue weighted by Crippen LogP contribution is 2.14. The lowest BCUT2D eigenvalue weighted by molar-refractivity contribution is -0.167. The summed E-state index contributed by atoms with van der Waals surface area (Å²) >= 11 is 0. The second-order valence-corrected chi connectivity index (χ2v) is 20.5. The van der Waals surface area contributed by atoms with Crippen LogP contribution in [0.25, 0.3) is 0 Å². The minimum absolute atomic E-state index is 0.110. The second-order valence-electron chi connectivity index (χ2n) is 20.5. The van der Waals surface area contributed by atoms with Gasteiger partial charge in [-0.1, -0.05) is 261 Å². The summed E-state index contributed by atoms with van der Waals surface area (Å²) in [4.78, 5) is 38.3. The quantitative estimate of drug-likeness (QED) is 0.0261. The zero-order valence-electron chi connectivity index (χ0n) is 51.7. The third kappa shape index (κ3) is 65.2. The predicted molar refractivity (Wildman–Crippen MR) is 352 cm³/mol. The third-order valence-electron chi connectivity index (χ3n) is 12.9. The monoisotopic (exact) mass is 1110 g/mol. The van der Waals surface area contributed by atoms with E-state index in [0.29, 0.717) is 19.3 Å². The van der Waals surface area contributed by atoms with Crippen molar-refractivity contribution in [2.75, 3.05) is 13.2 Å². The maximum atomic E-state index is 12.9. The fourth-order valence-electron chi connectivity index (χ4n) is 8.17. The number of unbranched alkanes of at least 4 members (excludes halogenated alkanes) is 15. The van der Waals surface area contributed by atoms with Crippen LogP contribution in [0.15, 0.2) is 182 Å². The molecule has 0 aromatic rings. The Balaban J connectivity index is 4.45. The third-order valence-corrected chi connectivity index (χ3v) is 12.9. The molecule has 0 heterocycles. The van der Waals surface area contributed by atoms with Gasteiger partial charge in [0.05, 0.1) is 0 Å². The van der Waals surface area contributed by atoms with Crippen LogP contribution in [0.5, 0.6) is 0 Å². The van der Waals surface area contributed by atoms with Crippen LogP contribution in [0.1, 0.15) is 252 Å². The van der Waals surface area contributed by atoms with Crippen molar-refractivity contribution in [2.45, 2.75) is 258 Å². The summed E-state index contributed by atoms with van der Waals surface area (Å²) in [7, 11) is 0. The largest absolute Gasteiger partial charge is 0.462 e. The molecule has 0 aromatic heterocycles. The molecule has 0 saturated heterocycles. The predicted octanol–water partition coefficient (Wildman–Crippen LogP) is 22.4. The highest BCUT2D eigenvalue weighted by molar-refractivity contribution is 5.71. The van der Waals surface area contributed by atoms with Gasteiger partial charge >= 0.3 is 17.9 Å². The van der Waals surface area contributed by atoms with E-state index in [1.165, 1.54) is 19.3 Å². The van der Waals surface area contributed by atoms with E-state index in [2.05, 4.69) is 203 Å². The van der Waals surface area contributed by atoms with Gasteiger partial charge in [0.25, 0.3) is 0 Å². The van der Waals surface area contributed by atoms with Crippen molar-refractivity contribution in [1.29, 1.82) is 0 Å². The van der Waals surface area contributed by atoms with Gasteiger partial charge in [-0.05, 0) is 154 Å². The van der Waals surface area contributed by atoms with Crippen LogP contribution >= 0.6 is 0 Å². The fourth-order valence-corrected chi connectivity index (χ4v) is 8.17. The summed E-state index contributed by atoms with van der Waals surface area (Å²) in [6.45, 7) is 6.24. The molecule has 1 unspecified atom stereocenters. The van der Waals surface area contributed by atoms with E-state index in [1.54, 1.807) is 0 Å². The first-order valence-corrected chi connectivity index (χ1v) is 32.3. The van der Waals surface area contributed by atoms with E-state index < -0.39 is 6.10 Å². The van der Waals surface area contributed by atoms with E-state index in [0.717, 1.165) is 193 Å². The van der Waals surface area contributed by atoms with Gasteiger partial charge in [0.1, 0.15) is 13.2 Å². The summed E-state index contributed by atoms with van der Waals surface area (Å²) in [5.41, 5.74) is 0. The first-order valence-electron chi connectivity index (χ1n) is 32.3. The van der Waals surface area contributed by atoms with Crippen LogP contribution in [0.4, 0.5) is 0 Å². The van der Waals surface area contributed by atoms with Crippen molar-refractivity contribution in [3.05, 3.63) is 182 Å². The van der Waals surface area contributed by atoms with Crippen molar-refractivity contribution in [2.24, 2.45) is 0 Å². The van der Waals surface area contributed by atoms with Gasteiger partial charge in [0.15, 0.2) is 6.10 Å². The first-order chi connectivity index (χ1) is 40.0. The van der Waals surface area contributed by atoms with E-state index in [4.69, 9.17) is 14.2 Å². The Morgan fingerprint density at radius 3 is 0.704 bits per heavy atom. The molecule has 6 heteroatoms. The van der Waals surface area contributed by atoms with Gasteiger partial charge in [0, 0.05) is 19.3 Å². The number of carbonyl (C=O) groups is 3. The van der Waals surface area contributed by atoms with Crippen LogP contribution in [-0.4, -0.2) is 37.2 Å². The lowest BCUT2D eigenvalue weighted by Gasteiger charge is -2.18. The minimum Gasteiger partial charge on any atom is -0.462 e. The van der Waals surface area contributed by atoms with Crippen molar-refractivity contribution in [3.8, 4) is 0 Å². The van der Waals surface area contributed by atoms with Gasteiger partial charge in [-0.15, -0.1) is 0 Å². The molecule has 81 heavy (non-hydrogen) atoms. The molecule has 0 radical (unpaired) electrons. The number of carbonyl (C=O) groups excluding carboxylic acids is 3. The molecule has 0 saturated carbocycles. The Morgan fingerprint density at radius 2 is 0.444 bits per heavy atom. The molecule has 0 rings (SSSR count). The Labute approximate surface area is 497 Å². The van der Waals surface area contributed by atoms with Gasteiger partial charge < -0.3 is 14.2 Å². The second kappa shape index (κ2) is 67.0. The van der Waals surface area contributed by atoms with Crippen molar-refractivity contribution < 1.29 is 28.6 Å².